The number of carbonyl (C=O) groups is 1. The first-order valence-electron chi connectivity index (χ1n) is 15.0. The van der Waals surface area contributed by atoms with Crippen LogP contribution in [0.25, 0.3) is 11.3 Å². The van der Waals surface area contributed by atoms with E-state index in [0.717, 1.165) is 50.7 Å². The van der Waals surface area contributed by atoms with Crippen LogP contribution in [0.15, 0.2) is 77.0 Å². The molecule has 1 aromatic heterocycles. The highest BCUT2D eigenvalue weighted by atomic mass is 32.2. The van der Waals surface area contributed by atoms with E-state index in [-0.39, 0.29) is 16.7 Å². The number of phenols is 1. The van der Waals surface area contributed by atoms with Crippen LogP contribution in [-0.2, 0) is 27.4 Å². The molecule has 1 amide bonds. The molecule has 0 bridgehead atoms. The van der Waals surface area contributed by atoms with Gasteiger partial charge in [-0.25, -0.2) is 4.98 Å². The Hall–Kier alpha value is -3.29. The monoisotopic (exact) mass is 614 g/mol. The van der Waals surface area contributed by atoms with Crippen molar-refractivity contribution < 1.29 is 14.1 Å². The Bertz CT molecular complexity index is 1590. The minimum absolute atomic E-state index is 0.00690. The van der Waals surface area contributed by atoms with Crippen LogP contribution >= 0.6 is 11.3 Å². The summed E-state index contributed by atoms with van der Waals surface area (Å²) in [6.07, 6.45) is 1.71. The largest absolute Gasteiger partial charge is 0.507 e. The lowest BCUT2D eigenvalue weighted by atomic mass is 9.78. The van der Waals surface area contributed by atoms with Crippen LogP contribution in [0, 0.1) is 0 Å². The van der Waals surface area contributed by atoms with Crippen LogP contribution in [0.3, 0.4) is 0 Å². The highest BCUT2D eigenvalue weighted by Crippen LogP contribution is 2.43. The second-order valence-electron chi connectivity index (χ2n) is 13.5. The van der Waals surface area contributed by atoms with Gasteiger partial charge in [0.05, 0.1) is 27.3 Å². The normalized spacial score (nSPS) is 15.4. The molecule has 0 saturated carbocycles. The van der Waals surface area contributed by atoms with E-state index in [1.165, 1.54) is 0 Å². The molecule has 226 valence electrons. The van der Waals surface area contributed by atoms with Gasteiger partial charge >= 0.3 is 0 Å². The van der Waals surface area contributed by atoms with Gasteiger partial charge in [0.1, 0.15) is 5.75 Å². The molecule has 1 N–H and O–H groups in total. The third kappa shape index (κ3) is 6.94. The van der Waals surface area contributed by atoms with Gasteiger partial charge < -0.3 is 10.0 Å². The fraction of sp³-hybridized carbons (Fsp3) is 0.389. The van der Waals surface area contributed by atoms with Crippen LogP contribution in [0.5, 0.6) is 5.75 Å². The van der Waals surface area contributed by atoms with Gasteiger partial charge in [-0.1, -0.05) is 77.9 Å². The lowest BCUT2D eigenvalue weighted by molar-refractivity contribution is 0.0712. The molecule has 1 atom stereocenters. The molecule has 0 spiro atoms. The predicted octanol–water partition coefficient (Wildman–Crippen LogP) is 8.44. The Morgan fingerprint density at radius 2 is 1.51 bits per heavy atom. The first kappa shape index (κ1) is 31.1. The minimum atomic E-state index is -1.22. The topological polar surface area (TPSA) is 70.5 Å². The van der Waals surface area contributed by atoms with Crippen LogP contribution in [-0.4, -0.2) is 38.2 Å². The number of nitrogens with zero attached hydrogens (tertiary/aromatic N) is 2. The SMILES string of the molecule is CC(C)(C)c1cc(-c2csc(C3CCN(C(=O)c4ccccc4CS(=O)c4ccccc4)CC3)n2)cc(C(C)(C)C)c1O. The maximum absolute atomic E-state index is 13.6. The Labute approximate surface area is 262 Å². The summed E-state index contributed by atoms with van der Waals surface area (Å²) in [7, 11) is -1.22. The Morgan fingerprint density at radius 1 is 0.930 bits per heavy atom. The zero-order valence-electron chi connectivity index (χ0n) is 26.0. The number of piperidine rings is 1. The van der Waals surface area contributed by atoms with E-state index in [9.17, 15) is 14.1 Å². The molecule has 1 aliphatic rings. The van der Waals surface area contributed by atoms with Gasteiger partial charge in [0, 0.05) is 51.5 Å². The van der Waals surface area contributed by atoms with Crippen LogP contribution in [0.2, 0.25) is 0 Å². The Kier molecular flexibility index (Phi) is 8.96. The number of aromatic nitrogens is 1. The van der Waals surface area contributed by atoms with E-state index in [1.807, 2.05) is 59.5 Å². The number of carbonyl (C=O) groups excluding carboxylic acids is 1. The standard InChI is InChI=1S/C36H42N2O3S2/c1-35(2,3)29-20-26(21-30(32(29)39)36(4,5)6)31-22-42-33(37-31)24-16-18-38(19-17-24)34(40)28-15-11-10-12-25(28)23-43(41)27-13-8-7-9-14-27/h7-15,20-22,24,39H,16-19,23H2,1-6H3. The van der Waals surface area contributed by atoms with E-state index in [4.69, 9.17) is 4.98 Å². The summed E-state index contributed by atoms with van der Waals surface area (Å²) in [4.78, 5) is 21.4. The number of hydrogen-bond acceptors (Lipinski definition) is 5. The molecule has 1 fully saturated rings. The molecule has 3 aromatic carbocycles. The first-order chi connectivity index (χ1) is 20.3. The molecule has 43 heavy (non-hydrogen) atoms. The molecule has 7 heteroatoms. The van der Waals surface area contributed by atoms with Crippen molar-refractivity contribution >= 4 is 28.0 Å². The van der Waals surface area contributed by atoms with Gasteiger partial charge in [-0.2, -0.15) is 0 Å². The summed E-state index contributed by atoms with van der Waals surface area (Å²) in [6.45, 7) is 14.1. The van der Waals surface area contributed by atoms with E-state index in [1.54, 1.807) is 11.3 Å². The number of rotatable bonds is 6. The van der Waals surface area contributed by atoms with E-state index in [2.05, 4.69) is 59.1 Å². The van der Waals surface area contributed by atoms with Crippen molar-refractivity contribution in [3.8, 4) is 17.0 Å². The van der Waals surface area contributed by atoms with E-state index in [0.29, 0.717) is 36.1 Å². The quantitative estimate of drug-likeness (QED) is 0.237. The third-order valence-electron chi connectivity index (χ3n) is 8.22. The second kappa shape index (κ2) is 12.4. The van der Waals surface area contributed by atoms with Gasteiger partial charge in [0.15, 0.2) is 0 Å². The number of aromatic hydroxyl groups is 1. The molecule has 5 rings (SSSR count). The number of thiazole rings is 1. The lowest BCUT2D eigenvalue weighted by Crippen LogP contribution is -2.38. The molecule has 1 saturated heterocycles. The Balaban J connectivity index is 1.30. The highest BCUT2D eigenvalue weighted by molar-refractivity contribution is 7.84. The number of amides is 1. The first-order valence-corrected chi connectivity index (χ1v) is 17.2. The molecule has 0 aliphatic carbocycles. The van der Waals surface area contributed by atoms with Crippen molar-refractivity contribution in [3.05, 3.63) is 99.4 Å². The summed E-state index contributed by atoms with van der Waals surface area (Å²) < 4.78 is 13.0. The third-order valence-corrected chi connectivity index (χ3v) is 10.6. The van der Waals surface area contributed by atoms with Crippen molar-refractivity contribution in [1.82, 2.24) is 9.88 Å². The van der Waals surface area contributed by atoms with Crippen LogP contribution in [0.1, 0.15) is 92.4 Å². The highest BCUT2D eigenvalue weighted by Gasteiger charge is 2.30. The summed E-state index contributed by atoms with van der Waals surface area (Å²) in [5, 5.41) is 14.4. The summed E-state index contributed by atoms with van der Waals surface area (Å²) >= 11 is 1.68. The molecule has 4 aromatic rings. The summed E-state index contributed by atoms with van der Waals surface area (Å²) in [6, 6.07) is 21.1. The minimum Gasteiger partial charge on any atom is -0.507 e. The fourth-order valence-electron chi connectivity index (χ4n) is 5.69. The number of phenolic OH excluding ortho intramolecular Hbond substituents is 1. The Morgan fingerprint density at radius 3 is 2.12 bits per heavy atom. The van der Waals surface area contributed by atoms with Crippen molar-refractivity contribution in [2.24, 2.45) is 0 Å². The van der Waals surface area contributed by atoms with Gasteiger partial charge in [0.2, 0.25) is 0 Å². The predicted molar refractivity (Wildman–Crippen MR) is 177 cm³/mol. The number of hydrogen-bond donors (Lipinski definition) is 1. The van der Waals surface area contributed by atoms with Gasteiger partial charge in [-0.3, -0.25) is 9.00 Å². The van der Waals surface area contributed by atoms with Crippen LogP contribution in [0.4, 0.5) is 0 Å². The van der Waals surface area contributed by atoms with Gasteiger partial charge in [-0.15, -0.1) is 11.3 Å². The number of likely N-dealkylation sites (tertiary alicyclic amines) is 1. The van der Waals surface area contributed by atoms with Crippen LogP contribution < -0.4 is 0 Å². The number of benzene rings is 3. The zero-order chi connectivity index (χ0) is 30.9. The zero-order valence-corrected chi connectivity index (χ0v) is 27.6. The summed E-state index contributed by atoms with van der Waals surface area (Å²) in [5.74, 6) is 0.997. The van der Waals surface area contributed by atoms with Gasteiger partial charge in [0.25, 0.3) is 5.91 Å². The fourth-order valence-corrected chi connectivity index (χ4v) is 7.85. The van der Waals surface area contributed by atoms with Crippen molar-refractivity contribution in [2.75, 3.05) is 13.1 Å². The maximum Gasteiger partial charge on any atom is 0.254 e. The molecular formula is C36H42N2O3S2. The maximum atomic E-state index is 13.6. The molecule has 0 radical (unpaired) electrons. The van der Waals surface area contributed by atoms with Crippen molar-refractivity contribution in [3.63, 3.8) is 0 Å². The molecule has 2 heterocycles. The molecule has 5 nitrogen and oxygen atoms in total. The second-order valence-corrected chi connectivity index (χ2v) is 15.9. The van der Waals surface area contributed by atoms with Gasteiger partial charge in [-0.05, 0) is 59.6 Å². The average Bonchev–Trinajstić information content (AvgIpc) is 3.47. The van der Waals surface area contributed by atoms with Crippen molar-refractivity contribution in [2.45, 2.75) is 81.8 Å². The smallest absolute Gasteiger partial charge is 0.254 e. The lowest BCUT2D eigenvalue weighted by Gasteiger charge is -2.31. The van der Waals surface area contributed by atoms with E-state index >= 15 is 0 Å². The average molecular weight is 615 g/mol. The molecular weight excluding hydrogens is 573 g/mol. The molecule has 1 aliphatic heterocycles. The molecule has 1 unspecified atom stereocenters. The summed E-state index contributed by atoms with van der Waals surface area (Å²) in [5.41, 5.74) is 4.90. The van der Waals surface area contributed by atoms with Crippen molar-refractivity contribution in [1.29, 1.82) is 0 Å². The van der Waals surface area contributed by atoms with E-state index < -0.39 is 10.8 Å².